The lowest BCUT2D eigenvalue weighted by Crippen LogP contribution is -2.29. The zero-order valence-electron chi connectivity index (χ0n) is 17.6. The Morgan fingerprint density at radius 1 is 1.23 bits per heavy atom. The highest BCUT2D eigenvalue weighted by Crippen LogP contribution is 2.42. The molecule has 0 bridgehead atoms. The number of carbonyl (C=O) groups excluding carboxylic acids is 2. The van der Waals surface area contributed by atoms with Gasteiger partial charge in [-0.2, -0.15) is 5.26 Å². The fourth-order valence-electron chi connectivity index (χ4n) is 3.28. The molecule has 2 aromatic rings. The molecule has 0 aliphatic carbocycles. The molecule has 5 nitrogen and oxygen atoms in total. The monoisotopic (exact) mass is 419 g/mol. The Balaban J connectivity index is 2.01. The Bertz CT molecular complexity index is 1040. The maximum atomic E-state index is 13.0. The van der Waals surface area contributed by atoms with E-state index in [1.165, 1.54) is 16.7 Å². The summed E-state index contributed by atoms with van der Waals surface area (Å²) in [6.45, 7) is 8.07. The van der Waals surface area contributed by atoms with Crippen molar-refractivity contribution >= 4 is 35.0 Å². The third-order valence-electron chi connectivity index (χ3n) is 4.97. The molecular weight excluding hydrogens is 394 g/mol. The average Bonchev–Trinajstić information content (AvgIpc) is 3.04. The number of benzene rings is 2. The van der Waals surface area contributed by atoms with Crippen LogP contribution in [0.3, 0.4) is 0 Å². The van der Waals surface area contributed by atoms with Crippen molar-refractivity contribution in [2.75, 3.05) is 10.2 Å². The van der Waals surface area contributed by atoms with E-state index in [0.717, 1.165) is 11.1 Å². The molecule has 3 rings (SSSR count). The zero-order chi connectivity index (χ0) is 21.8. The van der Waals surface area contributed by atoms with Gasteiger partial charge in [0.05, 0.1) is 5.25 Å². The van der Waals surface area contributed by atoms with Gasteiger partial charge in [-0.25, -0.2) is 0 Å². The number of nitrogens with one attached hydrogen (secondary N) is 1. The van der Waals surface area contributed by atoms with E-state index in [1.807, 2.05) is 62.4 Å². The molecule has 2 aromatic carbocycles. The molecule has 0 spiro atoms. The Labute approximate surface area is 181 Å². The SMILES string of the molecule is CCC1S/C(=C(/C#N)C(=O)Nc2cccc(C)c2)N(c2ccc(C(C)C)cc2)C1=O. The molecule has 1 aliphatic rings. The van der Waals surface area contributed by atoms with E-state index in [0.29, 0.717) is 28.7 Å². The minimum atomic E-state index is -0.515. The summed E-state index contributed by atoms with van der Waals surface area (Å²) >= 11 is 1.28. The Morgan fingerprint density at radius 3 is 2.50 bits per heavy atom. The molecule has 154 valence electrons. The summed E-state index contributed by atoms with van der Waals surface area (Å²) in [6, 6.07) is 17.1. The number of thioether (sulfide) groups is 1. The summed E-state index contributed by atoms with van der Waals surface area (Å²) in [5, 5.41) is 12.6. The Hall–Kier alpha value is -3.04. The van der Waals surface area contributed by atoms with Crippen LogP contribution in [0.1, 0.15) is 44.2 Å². The summed E-state index contributed by atoms with van der Waals surface area (Å²) in [5.74, 6) is -0.249. The largest absolute Gasteiger partial charge is 0.321 e. The van der Waals surface area contributed by atoms with Crippen LogP contribution < -0.4 is 10.2 Å². The maximum absolute atomic E-state index is 13.0. The van der Waals surface area contributed by atoms with E-state index in [4.69, 9.17) is 0 Å². The lowest BCUT2D eigenvalue weighted by molar-refractivity contribution is -0.117. The van der Waals surface area contributed by atoms with Gasteiger partial charge in [-0.05, 0) is 54.7 Å². The molecule has 0 aromatic heterocycles. The number of hydrogen-bond acceptors (Lipinski definition) is 4. The standard InChI is InChI=1S/C24H25N3O2S/c1-5-21-23(29)27(19-11-9-17(10-12-19)15(2)3)24(30-21)20(14-25)22(28)26-18-8-6-7-16(4)13-18/h6-13,15,21H,5H2,1-4H3,(H,26,28)/b24-20-. The van der Waals surface area contributed by atoms with Gasteiger partial charge in [0.25, 0.3) is 5.91 Å². The predicted octanol–water partition coefficient (Wildman–Crippen LogP) is 5.35. The van der Waals surface area contributed by atoms with Crippen LogP contribution in [0.15, 0.2) is 59.1 Å². The van der Waals surface area contributed by atoms with Crippen LogP contribution >= 0.6 is 11.8 Å². The van der Waals surface area contributed by atoms with Crippen LogP contribution in [-0.2, 0) is 9.59 Å². The molecule has 1 atom stereocenters. The second kappa shape index (κ2) is 9.19. The number of anilines is 2. The van der Waals surface area contributed by atoms with Gasteiger partial charge in [0.1, 0.15) is 16.7 Å². The summed E-state index contributed by atoms with van der Waals surface area (Å²) in [7, 11) is 0. The molecule has 1 aliphatic heterocycles. The summed E-state index contributed by atoms with van der Waals surface area (Å²) in [4.78, 5) is 27.5. The molecule has 1 unspecified atom stereocenters. The van der Waals surface area contributed by atoms with Crippen molar-refractivity contribution in [3.63, 3.8) is 0 Å². The van der Waals surface area contributed by atoms with Gasteiger partial charge >= 0.3 is 0 Å². The van der Waals surface area contributed by atoms with Gasteiger partial charge in [-0.1, -0.05) is 56.8 Å². The molecule has 2 amide bonds. The number of rotatable bonds is 5. The number of carbonyl (C=O) groups is 2. The normalized spacial score (nSPS) is 17.8. The first-order valence-electron chi connectivity index (χ1n) is 9.98. The molecule has 1 fully saturated rings. The topological polar surface area (TPSA) is 73.2 Å². The first kappa shape index (κ1) is 21.7. The van der Waals surface area contributed by atoms with Crippen molar-refractivity contribution in [2.24, 2.45) is 0 Å². The van der Waals surface area contributed by atoms with E-state index in [1.54, 1.807) is 6.07 Å². The van der Waals surface area contributed by atoms with E-state index in [-0.39, 0.29) is 16.7 Å². The van der Waals surface area contributed by atoms with Gasteiger partial charge in [-0.3, -0.25) is 14.5 Å². The van der Waals surface area contributed by atoms with Crippen LogP contribution in [0.25, 0.3) is 0 Å². The molecule has 1 N–H and O–H groups in total. The fraction of sp³-hybridized carbons (Fsp3) is 0.292. The van der Waals surface area contributed by atoms with E-state index < -0.39 is 5.91 Å². The summed E-state index contributed by atoms with van der Waals surface area (Å²) in [5.41, 5.74) is 3.39. The highest BCUT2D eigenvalue weighted by Gasteiger charge is 2.39. The predicted molar refractivity (Wildman–Crippen MR) is 122 cm³/mol. The van der Waals surface area contributed by atoms with Crippen molar-refractivity contribution in [1.29, 1.82) is 5.26 Å². The van der Waals surface area contributed by atoms with Gasteiger partial charge in [0.2, 0.25) is 5.91 Å². The minimum Gasteiger partial charge on any atom is -0.321 e. The van der Waals surface area contributed by atoms with Gasteiger partial charge in [0.15, 0.2) is 0 Å². The van der Waals surface area contributed by atoms with Crippen molar-refractivity contribution in [3.05, 3.63) is 70.3 Å². The molecule has 0 saturated carbocycles. The molecule has 1 heterocycles. The highest BCUT2D eigenvalue weighted by atomic mass is 32.2. The fourth-order valence-corrected chi connectivity index (χ4v) is 4.47. The molecule has 0 radical (unpaired) electrons. The average molecular weight is 420 g/mol. The first-order chi connectivity index (χ1) is 14.3. The van der Waals surface area contributed by atoms with Crippen LogP contribution in [0.2, 0.25) is 0 Å². The zero-order valence-corrected chi connectivity index (χ0v) is 18.4. The Kier molecular flexibility index (Phi) is 6.63. The summed E-state index contributed by atoms with van der Waals surface area (Å²) < 4.78 is 0. The number of aryl methyl sites for hydroxylation is 1. The highest BCUT2D eigenvalue weighted by molar-refractivity contribution is 8.05. The first-order valence-corrected chi connectivity index (χ1v) is 10.9. The lowest BCUT2D eigenvalue weighted by Gasteiger charge is -2.19. The second-order valence-corrected chi connectivity index (χ2v) is 8.74. The second-order valence-electron chi connectivity index (χ2n) is 7.55. The van der Waals surface area contributed by atoms with E-state index in [9.17, 15) is 14.9 Å². The smallest absolute Gasteiger partial charge is 0.269 e. The van der Waals surface area contributed by atoms with Crippen LogP contribution in [-0.4, -0.2) is 17.1 Å². The van der Waals surface area contributed by atoms with Gasteiger partial charge in [-0.15, -0.1) is 0 Å². The van der Waals surface area contributed by atoms with E-state index in [2.05, 4.69) is 19.2 Å². The molecule has 1 saturated heterocycles. The molecular formula is C24H25N3O2S. The van der Waals surface area contributed by atoms with Gasteiger partial charge < -0.3 is 5.32 Å². The van der Waals surface area contributed by atoms with Crippen LogP contribution in [0.5, 0.6) is 0 Å². The number of hydrogen-bond donors (Lipinski definition) is 1. The van der Waals surface area contributed by atoms with Crippen molar-refractivity contribution in [1.82, 2.24) is 0 Å². The Morgan fingerprint density at radius 2 is 1.93 bits per heavy atom. The molecule has 6 heteroatoms. The number of nitrogens with zero attached hydrogens (tertiary/aromatic N) is 2. The lowest BCUT2D eigenvalue weighted by atomic mass is 10.0. The van der Waals surface area contributed by atoms with Crippen LogP contribution in [0, 0.1) is 18.3 Å². The van der Waals surface area contributed by atoms with Crippen molar-refractivity contribution in [3.8, 4) is 6.07 Å². The number of amides is 2. The summed E-state index contributed by atoms with van der Waals surface area (Å²) in [6.07, 6.45) is 0.617. The third kappa shape index (κ3) is 4.42. The van der Waals surface area contributed by atoms with Crippen LogP contribution in [0.4, 0.5) is 11.4 Å². The van der Waals surface area contributed by atoms with Crippen molar-refractivity contribution in [2.45, 2.75) is 45.3 Å². The van der Waals surface area contributed by atoms with Gasteiger partial charge in [0, 0.05) is 11.4 Å². The number of nitriles is 1. The quantitative estimate of drug-likeness (QED) is 0.524. The minimum absolute atomic E-state index is 0.0567. The van der Waals surface area contributed by atoms with Crippen molar-refractivity contribution < 1.29 is 9.59 Å². The van der Waals surface area contributed by atoms with E-state index >= 15 is 0 Å². The maximum Gasteiger partial charge on any atom is 0.269 e. The molecule has 30 heavy (non-hydrogen) atoms. The third-order valence-corrected chi connectivity index (χ3v) is 6.40.